The minimum atomic E-state index is -4.22. The molecule has 110 valence electrons. The molecule has 0 spiro atoms. The maximum atomic E-state index is 12.0. The van der Waals surface area contributed by atoms with Gasteiger partial charge in [0.15, 0.2) is 5.82 Å². The van der Waals surface area contributed by atoms with Gasteiger partial charge < -0.3 is 10.1 Å². The number of alkyl halides is 3. The fraction of sp³-hybridized carbons (Fsp3) is 0.700. The van der Waals surface area contributed by atoms with E-state index in [2.05, 4.69) is 20.6 Å². The molecule has 0 saturated carbocycles. The first-order valence-corrected chi connectivity index (χ1v) is 6.95. The van der Waals surface area contributed by atoms with Crippen molar-refractivity contribution in [2.75, 3.05) is 13.2 Å². The quantitative estimate of drug-likeness (QED) is 0.931. The predicted molar refractivity (Wildman–Crippen MR) is 64.3 cm³/mol. The molecule has 0 aromatic carbocycles. The molecule has 1 aliphatic heterocycles. The lowest BCUT2D eigenvalue weighted by atomic mass is 10.2. The molecule has 3 heterocycles. The molecule has 20 heavy (non-hydrogen) atoms. The normalized spacial score (nSPS) is 20.1. The first-order valence-electron chi connectivity index (χ1n) is 6.13. The van der Waals surface area contributed by atoms with E-state index < -0.39 is 12.7 Å². The standard InChI is InChI=1S/C10H12F3N5OS/c11-10(12,13)5-14-4-7-17-18-8(6-2-1-3-19-6)15-16-9(18)20-7/h6,14H,1-5H2. The number of hydrogen-bond donors (Lipinski definition) is 1. The lowest BCUT2D eigenvalue weighted by molar-refractivity contribution is -0.125. The maximum Gasteiger partial charge on any atom is 0.401 e. The number of halogens is 3. The maximum absolute atomic E-state index is 12.0. The Kier molecular flexibility index (Phi) is 3.61. The molecule has 0 bridgehead atoms. The Balaban J connectivity index is 1.71. The summed E-state index contributed by atoms with van der Waals surface area (Å²) in [5.41, 5.74) is 0. The summed E-state index contributed by atoms with van der Waals surface area (Å²) in [7, 11) is 0. The van der Waals surface area contributed by atoms with E-state index in [9.17, 15) is 13.2 Å². The third kappa shape index (κ3) is 2.91. The second-order valence-electron chi connectivity index (χ2n) is 4.47. The van der Waals surface area contributed by atoms with E-state index in [1.54, 1.807) is 4.52 Å². The highest BCUT2D eigenvalue weighted by Gasteiger charge is 2.27. The Morgan fingerprint density at radius 3 is 2.95 bits per heavy atom. The zero-order valence-corrected chi connectivity index (χ0v) is 11.2. The summed E-state index contributed by atoms with van der Waals surface area (Å²) in [5, 5.41) is 15.1. The minimum Gasteiger partial charge on any atom is -0.370 e. The van der Waals surface area contributed by atoms with Crippen LogP contribution in [0, 0.1) is 0 Å². The SMILES string of the molecule is FC(F)(F)CNCc1nn2c(C3CCCO3)nnc2s1. The van der Waals surface area contributed by atoms with Crippen LogP contribution in [0.5, 0.6) is 0 Å². The van der Waals surface area contributed by atoms with Crippen molar-refractivity contribution in [2.45, 2.75) is 31.7 Å². The van der Waals surface area contributed by atoms with Crippen molar-refractivity contribution in [3.8, 4) is 0 Å². The van der Waals surface area contributed by atoms with Crippen LogP contribution in [0.25, 0.3) is 4.96 Å². The Hall–Kier alpha value is -1.26. The van der Waals surface area contributed by atoms with Gasteiger partial charge in [-0.2, -0.15) is 22.8 Å². The van der Waals surface area contributed by atoms with Crippen molar-refractivity contribution in [3.63, 3.8) is 0 Å². The van der Waals surface area contributed by atoms with E-state index in [1.807, 2.05) is 0 Å². The number of rotatable bonds is 4. The summed E-state index contributed by atoms with van der Waals surface area (Å²) < 4.78 is 43.2. The van der Waals surface area contributed by atoms with Gasteiger partial charge in [-0.15, -0.1) is 10.2 Å². The number of nitrogens with zero attached hydrogens (tertiary/aromatic N) is 4. The summed E-state index contributed by atoms with van der Waals surface area (Å²) in [4.78, 5) is 0.569. The molecule has 1 fully saturated rings. The molecule has 1 N–H and O–H groups in total. The second-order valence-corrected chi connectivity index (χ2v) is 5.51. The van der Waals surface area contributed by atoms with Gasteiger partial charge in [-0.1, -0.05) is 11.3 Å². The molecule has 1 aliphatic rings. The third-order valence-corrected chi connectivity index (χ3v) is 3.77. The van der Waals surface area contributed by atoms with E-state index in [-0.39, 0.29) is 12.6 Å². The van der Waals surface area contributed by atoms with Crippen molar-refractivity contribution >= 4 is 16.3 Å². The van der Waals surface area contributed by atoms with Crippen LogP contribution >= 0.6 is 11.3 Å². The molecule has 2 aromatic heterocycles. The predicted octanol–water partition coefficient (Wildman–Crippen LogP) is 1.69. The Bertz CT molecular complexity index is 589. The average Bonchev–Trinajstić information content (AvgIpc) is 3.00. The van der Waals surface area contributed by atoms with E-state index in [1.165, 1.54) is 11.3 Å². The van der Waals surface area contributed by atoms with E-state index in [0.717, 1.165) is 12.8 Å². The second kappa shape index (κ2) is 5.26. The lowest BCUT2D eigenvalue weighted by Gasteiger charge is -2.06. The highest BCUT2D eigenvalue weighted by Crippen LogP contribution is 2.28. The third-order valence-electron chi connectivity index (χ3n) is 2.88. The Labute approximate surface area is 115 Å². The van der Waals surface area contributed by atoms with Gasteiger partial charge >= 0.3 is 6.18 Å². The van der Waals surface area contributed by atoms with E-state index >= 15 is 0 Å². The number of nitrogens with one attached hydrogen (secondary N) is 1. The van der Waals surface area contributed by atoms with Gasteiger partial charge in [0.25, 0.3) is 0 Å². The topological polar surface area (TPSA) is 64.3 Å². The molecule has 3 rings (SSSR count). The molecular weight excluding hydrogens is 295 g/mol. The zero-order chi connectivity index (χ0) is 14.2. The first-order chi connectivity index (χ1) is 9.53. The van der Waals surface area contributed by atoms with E-state index in [0.29, 0.717) is 22.4 Å². The van der Waals surface area contributed by atoms with Gasteiger partial charge in [-0.05, 0) is 12.8 Å². The van der Waals surface area contributed by atoms with Crippen LogP contribution in [0.3, 0.4) is 0 Å². The molecule has 1 saturated heterocycles. The number of ether oxygens (including phenoxy) is 1. The molecule has 1 atom stereocenters. The largest absolute Gasteiger partial charge is 0.401 e. The summed E-state index contributed by atoms with van der Waals surface area (Å²) in [6.07, 6.45) is -2.52. The number of aromatic nitrogens is 4. The molecule has 1 unspecified atom stereocenters. The highest BCUT2D eigenvalue weighted by molar-refractivity contribution is 7.16. The van der Waals surface area contributed by atoms with Gasteiger partial charge in [-0.3, -0.25) is 0 Å². The molecule has 0 radical (unpaired) electrons. The molecule has 2 aromatic rings. The van der Waals surface area contributed by atoms with Crippen LogP contribution in [-0.4, -0.2) is 39.1 Å². The monoisotopic (exact) mass is 307 g/mol. The molecule has 0 amide bonds. The van der Waals surface area contributed by atoms with Crippen molar-refractivity contribution in [1.29, 1.82) is 0 Å². The van der Waals surface area contributed by atoms with Gasteiger partial charge in [-0.25, -0.2) is 0 Å². The molecule has 10 heteroatoms. The van der Waals surface area contributed by atoms with Gasteiger partial charge in [0, 0.05) is 6.61 Å². The summed E-state index contributed by atoms with van der Waals surface area (Å²) in [6.45, 7) is -0.298. The van der Waals surface area contributed by atoms with Crippen molar-refractivity contribution < 1.29 is 17.9 Å². The van der Waals surface area contributed by atoms with Gasteiger partial charge in [0.05, 0.1) is 13.1 Å². The van der Waals surface area contributed by atoms with Crippen molar-refractivity contribution in [3.05, 3.63) is 10.8 Å². The molecule has 0 aliphatic carbocycles. The Morgan fingerprint density at radius 1 is 1.40 bits per heavy atom. The molecular formula is C10H12F3N5OS. The first kappa shape index (κ1) is 13.7. The van der Waals surface area contributed by atoms with Crippen LogP contribution in [0.2, 0.25) is 0 Å². The Morgan fingerprint density at radius 2 is 2.25 bits per heavy atom. The smallest absolute Gasteiger partial charge is 0.370 e. The summed E-state index contributed by atoms with van der Waals surface area (Å²) in [5.74, 6) is 0.621. The number of fused-ring (bicyclic) bond motifs is 1. The lowest BCUT2D eigenvalue weighted by Crippen LogP contribution is -2.28. The average molecular weight is 307 g/mol. The summed E-state index contributed by atoms with van der Waals surface area (Å²) in [6, 6.07) is 0. The minimum absolute atomic E-state index is 0.0541. The van der Waals surface area contributed by atoms with Gasteiger partial charge in [0.2, 0.25) is 4.96 Å². The zero-order valence-electron chi connectivity index (χ0n) is 10.4. The van der Waals surface area contributed by atoms with Crippen LogP contribution in [-0.2, 0) is 11.3 Å². The fourth-order valence-corrected chi connectivity index (χ4v) is 2.85. The van der Waals surface area contributed by atoms with E-state index in [4.69, 9.17) is 4.74 Å². The molecule has 6 nitrogen and oxygen atoms in total. The summed E-state index contributed by atoms with van der Waals surface area (Å²) >= 11 is 1.22. The highest BCUT2D eigenvalue weighted by atomic mass is 32.1. The van der Waals surface area contributed by atoms with Crippen molar-refractivity contribution in [1.82, 2.24) is 25.1 Å². The van der Waals surface area contributed by atoms with Crippen molar-refractivity contribution in [2.24, 2.45) is 0 Å². The van der Waals surface area contributed by atoms with Crippen LogP contribution < -0.4 is 5.32 Å². The van der Waals surface area contributed by atoms with Crippen LogP contribution in [0.4, 0.5) is 13.2 Å². The van der Waals surface area contributed by atoms with Gasteiger partial charge in [0.1, 0.15) is 11.1 Å². The van der Waals surface area contributed by atoms with Crippen LogP contribution in [0.15, 0.2) is 0 Å². The number of hydrogen-bond acceptors (Lipinski definition) is 6. The fourth-order valence-electron chi connectivity index (χ4n) is 2.04. The van der Waals surface area contributed by atoms with Crippen LogP contribution in [0.1, 0.15) is 29.8 Å².